The Labute approximate surface area is 124 Å². The number of hydrogen-bond donors (Lipinski definition) is 2. The average Bonchev–Trinajstić information content (AvgIpc) is 2.90. The van der Waals surface area contributed by atoms with Gasteiger partial charge in [-0.1, -0.05) is 23.9 Å². The molecule has 0 bridgehead atoms. The van der Waals surface area contributed by atoms with Crippen molar-refractivity contribution in [2.75, 3.05) is 5.75 Å². The first-order chi connectivity index (χ1) is 10.1. The van der Waals surface area contributed by atoms with E-state index in [0.29, 0.717) is 5.16 Å². The molecule has 4 nitrogen and oxygen atoms in total. The number of H-pyrrole nitrogens is 1. The summed E-state index contributed by atoms with van der Waals surface area (Å²) in [7, 11) is 0. The number of phenols is 1. The number of carbonyl (C=O) groups excluding carboxylic acids is 1. The number of para-hydroxylation sites is 2. The van der Waals surface area contributed by atoms with Gasteiger partial charge in [0.1, 0.15) is 11.6 Å². The second kappa shape index (κ2) is 5.57. The van der Waals surface area contributed by atoms with Crippen molar-refractivity contribution < 1.29 is 14.3 Å². The second-order valence-electron chi connectivity index (χ2n) is 4.43. The van der Waals surface area contributed by atoms with Crippen molar-refractivity contribution in [2.45, 2.75) is 5.16 Å². The number of thioether (sulfide) groups is 1. The molecule has 6 heteroatoms. The van der Waals surface area contributed by atoms with Crippen LogP contribution < -0.4 is 0 Å². The number of fused-ring (bicyclic) bond motifs is 1. The zero-order valence-electron chi connectivity index (χ0n) is 10.8. The zero-order valence-corrected chi connectivity index (χ0v) is 11.7. The predicted octanol–water partition coefficient (Wildman–Crippen LogP) is 3.38. The molecule has 0 atom stereocenters. The highest BCUT2D eigenvalue weighted by atomic mass is 32.2. The number of rotatable bonds is 4. The van der Waals surface area contributed by atoms with Crippen molar-refractivity contribution in [1.82, 2.24) is 9.97 Å². The summed E-state index contributed by atoms with van der Waals surface area (Å²) in [6.07, 6.45) is 0. The number of hydrogen-bond acceptors (Lipinski definition) is 4. The first-order valence-corrected chi connectivity index (χ1v) is 7.21. The van der Waals surface area contributed by atoms with Gasteiger partial charge in [0.15, 0.2) is 10.9 Å². The molecule has 0 fully saturated rings. The molecular formula is C15H11FN2O2S. The Hall–Kier alpha value is -2.34. The summed E-state index contributed by atoms with van der Waals surface area (Å²) in [6, 6.07) is 10.9. The van der Waals surface area contributed by atoms with E-state index in [1.54, 1.807) is 0 Å². The van der Waals surface area contributed by atoms with E-state index in [9.17, 15) is 14.3 Å². The van der Waals surface area contributed by atoms with Crippen molar-refractivity contribution in [3.63, 3.8) is 0 Å². The smallest absolute Gasteiger partial charge is 0.177 e. The van der Waals surface area contributed by atoms with Crippen LogP contribution in [0.1, 0.15) is 10.4 Å². The number of aromatic amines is 1. The van der Waals surface area contributed by atoms with Crippen LogP contribution in [0.4, 0.5) is 4.39 Å². The molecule has 1 aromatic heterocycles. The van der Waals surface area contributed by atoms with Gasteiger partial charge in [-0.3, -0.25) is 4.79 Å². The Bertz CT molecular complexity index is 783. The number of ketones is 1. The van der Waals surface area contributed by atoms with Gasteiger partial charge in [-0.05, 0) is 30.3 Å². The van der Waals surface area contributed by atoms with Crippen LogP contribution in [0, 0.1) is 5.82 Å². The number of carbonyl (C=O) groups is 1. The Balaban J connectivity index is 1.74. The van der Waals surface area contributed by atoms with Crippen molar-refractivity contribution in [3.05, 3.63) is 53.8 Å². The lowest BCUT2D eigenvalue weighted by atomic mass is 10.1. The van der Waals surface area contributed by atoms with Gasteiger partial charge >= 0.3 is 0 Å². The molecule has 0 saturated heterocycles. The molecule has 21 heavy (non-hydrogen) atoms. The number of imidazole rings is 1. The van der Waals surface area contributed by atoms with Gasteiger partial charge < -0.3 is 10.1 Å². The number of benzene rings is 2. The molecule has 3 aromatic rings. The Kier molecular flexibility index (Phi) is 3.62. The van der Waals surface area contributed by atoms with Gasteiger partial charge in [-0.2, -0.15) is 0 Å². The number of aromatic hydroxyl groups is 1. The maximum absolute atomic E-state index is 13.1. The van der Waals surface area contributed by atoms with Crippen LogP contribution in [-0.2, 0) is 0 Å². The van der Waals surface area contributed by atoms with Gasteiger partial charge in [0.2, 0.25) is 0 Å². The topological polar surface area (TPSA) is 66.0 Å². The molecule has 0 radical (unpaired) electrons. The number of nitrogens with one attached hydrogen (secondary N) is 1. The molecule has 0 saturated carbocycles. The molecule has 2 aromatic carbocycles. The summed E-state index contributed by atoms with van der Waals surface area (Å²) in [5.74, 6) is -1.05. The fraction of sp³-hybridized carbons (Fsp3) is 0.0667. The van der Waals surface area contributed by atoms with Crippen molar-refractivity contribution in [3.8, 4) is 5.75 Å². The quantitative estimate of drug-likeness (QED) is 0.573. The van der Waals surface area contributed by atoms with Crippen molar-refractivity contribution >= 4 is 28.6 Å². The van der Waals surface area contributed by atoms with Gasteiger partial charge in [0.05, 0.1) is 22.3 Å². The molecule has 0 aliphatic carbocycles. The van der Waals surface area contributed by atoms with E-state index in [4.69, 9.17) is 0 Å². The second-order valence-corrected chi connectivity index (χ2v) is 5.40. The van der Waals surface area contributed by atoms with Crippen molar-refractivity contribution in [2.24, 2.45) is 0 Å². The molecular weight excluding hydrogens is 291 g/mol. The minimum Gasteiger partial charge on any atom is -0.507 e. The summed E-state index contributed by atoms with van der Waals surface area (Å²) in [4.78, 5) is 19.4. The van der Waals surface area contributed by atoms with E-state index in [2.05, 4.69) is 9.97 Å². The molecule has 2 N–H and O–H groups in total. The highest BCUT2D eigenvalue weighted by Crippen LogP contribution is 2.23. The fourth-order valence-corrected chi connectivity index (χ4v) is 2.71. The van der Waals surface area contributed by atoms with E-state index < -0.39 is 5.82 Å². The lowest BCUT2D eigenvalue weighted by Gasteiger charge is -2.02. The highest BCUT2D eigenvalue weighted by molar-refractivity contribution is 7.99. The lowest BCUT2D eigenvalue weighted by Crippen LogP contribution is -2.03. The van der Waals surface area contributed by atoms with E-state index in [1.807, 2.05) is 24.3 Å². The molecule has 106 valence electrons. The molecule has 0 unspecified atom stereocenters. The minimum absolute atomic E-state index is 0.0152. The van der Waals surface area contributed by atoms with Crippen LogP contribution in [0.15, 0.2) is 47.6 Å². The number of aromatic nitrogens is 2. The maximum Gasteiger partial charge on any atom is 0.177 e. The maximum atomic E-state index is 13.1. The molecule has 0 spiro atoms. The van der Waals surface area contributed by atoms with E-state index in [1.165, 1.54) is 17.8 Å². The third-order valence-electron chi connectivity index (χ3n) is 2.97. The predicted molar refractivity (Wildman–Crippen MR) is 79.2 cm³/mol. The van der Waals surface area contributed by atoms with E-state index in [-0.39, 0.29) is 22.8 Å². The third-order valence-corrected chi connectivity index (χ3v) is 3.84. The molecule has 0 aliphatic rings. The van der Waals surface area contributed by atoms with Crippen molar-refractivity contribution in [1.29, 1.82) is 0 Å². The number of nitrogens with zero attached hydrogens (tertiary/aromatic N) is 1. The number of halogens is 1. The lowest BCUT2D eigenvalue weighted by molar-refractivity contribution is 0.101. The molecule has 0 aliphatic heterocycles. The van der Waals surface area contributed by atoms with Gasteiger partial charge in [0, 0.05) is 0 Å². The van der Waals surface area contributed by atoms with Crippen LogP contribution in [-0.4, -0.2) is 26.6 Å². The Morgan fingerprint density at radius 1 is 1.29 bits per heavy atom. The van der Waals surface area contributed by atoms with Crippen LogP contribution in [0.25, 0.3) is 11.0 Å². The first kappa shape index (κ1) is 13.6. The standard InChI is InChI=1S/C15H11FN2O2S/c16-9-5-6-13(19)10(7-9)14(20)8-21-15-17-11-3-1-2-4-12(11)18-15/h1-7,19H,8H2,(H,17,18). The first-order valence-electron chi connectivity index (χ1n) is 6.23. The number of phenolic OH excluding ortho intramolecular Hbond substituents is 1. The monoisotopic (exact) mass is 302 g/mol. The summed E-state index contributed by atoms with van der Waals surface area (Å²) in [5.41, 5.74) is 1.70. The highest BCUT2D eigenvalue weighted by Gasteiger charge is 2.14. The molecule has 1 heterocycles. The summed E-state index contributed by atoms with van der Waals surface area (Å²) in [5, 5.41) is 10.2. The SMILES string of the molecule is O=C(CSc1nc2ccccc2[nH]1)c1cc(F)ccc1O. The molecule has 3 rings (SSSR count). The minimum atomic E-state index is -0.551. The largest absolute Gasteiger partial charge is 0.507 e. The zero-order chi connectivity index (χ0) is 14.8. The summed E-state index contributed by atoms with van der Waals surface area (Å²) in [6.45, 7) is 0. The van der Waals surface area contributed by atoms with E-state index in [0.717, 1.165) is 23.2 Å². The average molecular weight is 302 g/mol. The number of Topliss-reactive ketones (excluding diaryl/α,β-unsaturated/α-hetero) is 1. The van der Waals surface area contributed by atoms with Crippen LogP contribution in [0.3, 0.4) is 0 Å². The normalized spacial score (nSPS) is 10.9. The Morgan fingerprint density at radius 3 is 2.90 bits per heavy atom. The van der Waals surface area contributed by atoms with Gasteiger partial charge in [0.25, 0.3) is 0 Å². The van der Waals surface area contributed by atoms with Gasteiger partial charge in [-0.15, -0.1) is 0 Å². The molecule has 0 amide bonds. The third kappa shape index (κ3) is 2.90. The fourth-order valence-electron chi connectivity index (χ4n) is 1.94. The van der Waals surface area contributed by atoms with Crippen LogP contribution in [0.5, 0.6) is 5.75 Å². The van der Waals surface area contributed by atoms with Gasteiger partial charge in [-0.25, -0.2) is 9.37 Å². The summed E-state index contributed by atoms with van der Waals surface area (Å²) < 4.78 is 13.1. The Morgan fingerprint density at radius 2 is 2.10 bits per heavy atom. The van der Waals surface area contributed by atoms with Crippen LogP contribution in [0.2, 0.25) is 0 Å². The van der Waals surface area contributed by atoms with E-state index >= 15 is 0 Å². The summed E-state index contributed by atoms with van der Waals surface area (Å²) >= 11 is 1.21. The van der Waals surface area contributed by atoms with Crippen LogP contribution >= 0.6 is 11.8 Å².